The van der Waals surface area contributed by atoms with E-state index in [-0.39, 0.29) is 12.3 Å². The van der Waals surface area contributed by atoms with Crippen molar-refractivity contribution in [1.29, 1.82) is 0 Å². The first-order valence-corrected chi connectivity index (χ1v) is 4.95. The molecule has 0 bridgehead atoms. The third-order valence-corrected chi connectivity index (χ3v) is 2.40. The van der Waals surface area contributed by atoms with Crippen molar-refractivity contribution in [2.45, 2.75) is 19.3 Å². The van der Waals surface area contributed by atoms with E-state index in [4.69, 9.17) is 15.4 Å². The van der Waals surface area contributed by atoms with Crippen molar-refractivity contribution < 1.29 is 9.62 Å². The van der Waals surface area contributed by atoms with Gasteiger partial charge in [0.1, 0.15) is 11.6 Å². The number of aromatic nitrogens is 1. The van der Waals surface area contributed by atoms with Crippen molar-refractivity contribution >= 4 is 11.9 Å². The van der Waals surface area contributed by atoms with Crippen LogP contribution in [-0.4, -0.2) is 29.1 Å². The second-order valence-corrected chi connectivity index (χ2v) is 3.57. The first-order chi connectivity index (χ1) is 7.29. The molecule has 0 amide bonds. The van der Waals surface area contributed by atoms with Crippen LogP contribution in [0.15, 0.2) is 15.8 Å². The maximum Gasteiger partial charge on any atom is 0.297 e. The molecule has 2 rings (SSSR count). The van der Waals surface area contributed by atoms with Gasteiger partial charge in [0.15, 0.2) is 0 Å². The Morgan fingerprint density at radius 2 is 2.33 bits per heavy atom. The summed E-state index contributed by atoms with van der Waals surface area (Å²) in [6.07, 6.45) is 4.26. The summed E-state index contributed by atoms with van der Waals surface area (Å²) in [5.74, 6) is 0.742. The minimum Gasteiger partial charge on any atom is -0.428 e. The molecule has 1 aliphatic heterocycles. The van der Waals surface area contributed by atoms with Gasteiger partial charge in [-0.25, -0.2) is 4.98 Å². The number of amidine groups is 1. The van der Waals surface area contributed by atoms with E-state index < -0.39 is 0 Å². The third-order valence-electron chi connectivity index (χ3n) is 2.40. The van der Waals surface area contributed by atoms with Crippen molar-refractivity contribution in [2.24, 2.45) is 10.9 Å². The Morgan fingerprint density at radius 3 is 3.00 bits per heavy atom. The third kappa shape index (κ3) is 2.20. The van der Waals surface area contributed by atoms with Crippen molar-refractivity contribution in [3.8, 4) is 0 Å². The smallest absolute Gasteiger partial charge is 0.297 e. The number of oxime groups is 1. The van der Waals surface area contributed by atoms with Crippen LogP contribution in [0.5, 0.6) is 0 Å². The summed E-state index contributed by atoms with van der Waals surface area (Å²) in [5.41, 5.74) is 5.37. The van der Waals surface area contributed by atoms with E-state index in [0.717, 1.165) is 13.1 Å². The van der Waals surface area contributed by atoms with E-state index >= 15 is 0 Å². The highest BCUT2D eigenvalue weighted by atomic mass is 16.4. The molecule has 0 aliphatic carbocycles. The van der Waals surface area contributed by atoms with Crippen LogP contribution in [0.25, 0.3) is 0 Å². The number of rotatable bonds is 3. The first kappa shape index (κ1) is 9.82. The standard InChI is InChI=1S/C9H14N4O2/c10-8(12-14)5-7-6-11-9(15-7)13-3-1-2-4-13/h6,14H,1-5H2,(H2,10,12). The van der Waals surface area contributed by atoms with Crippen LogP contribution in [-0.2, 0) is 6.42 Å². The van der Waals surface area contributed by atoms with Gasteiger partial charge < -0.3 is 20.3 Å². The number of nitrogens with two attached hydrogens (primary N) is 1. The van der Waals surface area contributed by atoms with Crippen LogP contribution < -0.4 is 10.6 Å². The van der Waals surface area contributed by atoms with Gasteiger partial charge in [0.25, 0.3) is 6.01 Å². The molecule has 82 valence electrons. The van der Waals surface area contributed by atoms with E-state index in [1.165, 1.54) is 12.8 Å². The van der Waals surface area contributed by atoms with Crippen LogP contribution in [0, 0.1) is 0 Å². The summed E-state index contributed by atoms with van der Waals surface area (Å²) in [4.78, 5) is 6.25. The Hall–Kier alpha value is -1.72. The van der Waals surface area contributed by atoms with Gasteiger partial charge in [0, 0.05) is 13.1 Å². The fourth-order valence-corrected chi connectivity index (χ4v) is 1.65. The average molecular weight is 210 g/mol. The topological polar surface area (TPSA) is 87.9 Å². The van der Waals surface area contributed by atoms with Gasteiger partial charge in [0.05, 0.1) is 12.6 Å². The zero-order chi connectivity index (χ0) is 10.7. The monoisotopic (exact) mass is 210 g/mol. The molecule has 0 unspecified atom stereocenters. The fraction of sp³-hybridized carbons (Fsp3) is 0.556. The fourth-order valence-electron chi connectivity index (χ4n) is 1.65. The van der Waals surface area contributed by atoms with Crippen LogP contribution in [0.3, 0.4) is 0 Å². The molecule has 1 aromatic rings. The molecule has 3 N–H and O–H groups in total. The molecule has 1 fully saturated rings. The molecular weight excluding hydrogens is 196 g/mol. The second-order valence-electron chi connectivity index (χ2n) is 3.57. The molecule has 0 spiro atoms. The summed E-state index contributed by atoms with van der Waals surface area (Å²) in [5, 5.41) is 11.3. The zero-order valence-corrected chi connectivity index (χ0v) is 8.39. The predicted octanol–water partition coefficient (Wildman–Crippen LogP) is 0.564. The molecule has 1 aromatic heterocycles. The van der Waals surface area contributed by atoms with Crippen molar-refractivity contribution in [2.75, 3.05) is 18.0 Å². The molecule has 0 aromatic carbocycles. The lowest BCUT2D eigenvalue weighted by Gasteiger charge is -2.10. The zero-order valence-electron chi connectivity index (χ0n) is 8.39. The summed E-state index contributed by atoms with van der Waals surface area (Å²) in [6.45, 7) is 1.98. The first-order valence-electron chi connectivity index (χ1n) is 4.95. The van der Waals surface area contributed by atoms with Crippen molar-refractivity contribution in [3.05, 3.63) is 12.0 Å². The molecule has 0 atom stereocenters. The highest BCUT2D eigenvalue weighted by Gasteiger charge is 2.17. The molecular formula is C9H14N4O2. The quantitative estimate of drug-likeness (QED) is 0.329. The van der Waals surface area contributed by atoms with Crippen molar-refractivity contribution in [3.63, 3.8) is 0 Å². The molecule has 2 heterocycles. The number of oxazole rings is 1. The lowest BCUT2D eigenvalue weighted by molar-refractivity contribution is 0.316. The minimum absolute atomic E-state index is 0.124. The number of hydrogen-bond donors (Lipinski definition) is 2. The Balaban J connectivity index is 2.03. The van der Waals surface area contributed by atoms with Gasteiger partial charge in [-0.05, 0) is 12.8 Å². The van der Waals surface area contributed by atoms with Crippen LogP contribution in [0.2, 0.25) is 0 Å². The van der Waals surface area contributed by atoms with Crippen LogP contribution in [0.1, 0.15) is 18.6 Å². The highest BCUT2D eigenvalue weighted by molar-refractivity contribution is 5.81. The molecule has 1 aliphatic rings. The Morgan fingerprint density at radius 1 is 1.60 bits per heavy atom. The lowest BCUT2D eigenvalue weighted by Crippen LogP contribution is -2.17. The molecule has 0 radical (unpaired) electrons. The van der Waals surface area contributed by atoms with E-state index in [1.54, 1.807) is 6.20 Å². The van der Waals surface area contributed by atoms with Gasteiger partial charge in [0.2, 0.25) is 0 Å². The van der Waals surface area contributed by atoms with Crippen molar-refractivity contribution in [1.82, 2.24) is 4.98 Å². The molecule has 6 heteroatoms. The maximum absolute atomic E-state index is 8.40. The van der Waals surface area contributed by atoms with E-state index in [1.807, 2.05) is 0 Å². The maximum atomic E-state index is 8.40. The summed E-state index contributed by atoms with van der Waals surface area (Å²) >= 11 is 0. The summed E-state index contributed by atoms with van der Waals surface area (Å²) in [7, 11) is 0. The van der Waals surface area contributed by atoms with Gasteiger partial charge >= 0.3 is 0 Å². The number of hydrogen-bond acceptors (Lipinski definition) is 5. The SMILES string of the molecule is N/C(Cc1cnc(N2CCCC2)o1)=N\O. The van der Waals surface area contributed by atoms with Crippen LogP contribution >= 0.6 is 0 Å². The Labute approximate surface area is 87.4 Å². The summed E-state index contributed by atoms with van der Waals surface area (Å²) < 4.78 is 5.48. The van der Waals surface area contributed by atoms with E-state index in [9.17, 15) is 0 Å². The Kier molecular flexibility index (Phi) is 2.75. The Bertz CT molecular complexity index is 355. The van der Waals surface area contributed by atoms with Gasteiger partial charge in [-0.1, -0.05) is 5.16 Å². The highest BCUT2D eigenvalue weighted by Crippen LogP contribution is 2.19. The predicted molar refractivity (Wildman–Crippen MR) is 55.1 cm³/mol. The molecule has 15 heavy (non-hydrogen) atoms. The second kappa shape index (κ2) is 4.20. The minimum atomic E-state index is 0.124. The lowest BCUT2D eigenvalue weighted by atomic mass is 10.3. The normalized spacial score (nSPS) is 17.3. The van der Waals surface area contributed by atoms with Gasteiger partial charge in [-0.2, -0.15) is 0 Å². The number of nitrogens with zero attached hydrogens (tertiary/aromatic N) is 3. The van der Waals surface area contributed by atoms with E-state index in [2.05, 4.69) is 15.0 Å². The largest absolute Gasteiger partial charge is 0.428 e. The van der Waals surface area contributed by atoms with E-state index in [0.29, 0.717) is 11.8 Å². The molecule has 6 nitrogen and oxygen atoms in total. The molecule has 1 saturated heterocycles. The van der Waals surface area contributed by atoms with Gasteiger partial charge in [-0.15, -0.1) is 0 Å². The summed E-state index contributed by atoms with van der Waals surface area (Å²) in [6, 6.07) is 0.633. The molecule has 0 saturated carbocycles. The van der Waals surface area contributed by atoms with Crippen LogP contribution in [0.4, 0.5) is 6.01 Å². The van der Waals surface area contributed by atoms with Gasteiger partial charge in [-0.3, -0.25) is 0 Å². The average Bonchev–Trinajstić information content (AvgIpc) is 2.85. The number of anilines is 1.